The van der Waals surface area contributed by atoms with Crippen LogP contribution in [0.25, 0.3) is 5.70 Å². The largest absolute Gasteiger partial charge is 0.393 e. The fraction of sp³-hybridized carbons (Fsp3) is 0.267. The smallest absolute Gasteiger partial charge is 0.357 e. The molecule has 0 amide bonds. The van der Waals surface area contributed by atoms with Crippen molar-refractivity contribution < 1.29 is 17.0 Å². The SMILES string of the molecule is CC(C)c1nc(C(N)=C(N)N)n(C)c1S(=O)(=O)Oc1cccc(F)c1. The highest BCUT2D eigenvalue weighted by Gasteiger charge is 2.31. The standard InChI is InChI=1S/C15H20FN5O3S/c1-8(2)12-15(21(3)14(20-12)11(17)13(18)19)25(22,23)24-10-6-4-5-9(16)7-10/h4-8H,17-19H2,1-3H3. The maximum atomic E-state index is 13.3. The van der Waals surface area contributed by atoms with Crippen molar-refractivity contribution in [3.05, 3.63) is 47.4 Å². The van der Waals surface area contributed by atoms with Gasteiger partial charge in [-0.2, -0.15) is 8.42 Å². The Labute approximate surface area is 145 Å². The molecule has 6 N–H and O–H groups in total. The van der Waals surface area contributed by atoms with E-state index in [1.165, 1.54) is 29.8 Å². The van der Waals surface area contributed by atoms with E-state index in [2.05, 4.69) is 4.98 Å². The van der Waals surface area contributed by atoms with E-state index in [9.17, 15) is 12.8 Å². The lowest BCUT2D eigenvalue weighted by molar-refractivity contribution is 0.472. The Balaban J connectivity index is 2.62. The fourth-order valence-electron chi connectivity index (χ4n) is 2.23. The monoisotopic (exact) mass is 369 g/mol. The first-order valence-corrected chi connectivity index (χ1v) is 8.73. The number of hydrogen-bond acceptors (Lipinski definition) is 7. The lowest BCUT2D eigenvalue weighted by atomic mass is 10.1. The third-order valence-electron chi connectivity index (χ3n) is 3.41. The van der Waals surface area contributed by atoms with Crippen LogP contribution in [-0.4, -0.2) is 18.0 Å². The molecule has 0 aliphatic carbocycles. The highest BCUT2D eigenvalue weighted by atomic mass is 32.2. The molecule has 0 bridgehead atoms. The van der Waals surface area contributed by atoms with E-state index in [1.807, 2.05) is 0 Å². The third kappa shape index (κ3) is 3.68. The zero-order valence-corrected chi connectivity index (χ0v) is 14.8. The minimum atomic E-state index is -4.30. The van der Waals surface area contributed by atoms with Crippen molar-refractivity contribution in [3.63, 3.8) is 0 Å². The van der Waals surface area contributed by atoms with Crippen LogP contribution in [0.4, 0.5) is 4.39 Å². The minimum absolute atomic E-state index is 0.0448. The first kappa shape index (κ1) is 18.6. The Morgan fingerprint density at radius 1 is 1.28 bits per heavy atom. The summed E-state index contributed by atoms with van der Waals surface area (Å²) in [6.45, 7) is 3.53. The predicted molar refractivity (Wildman–Crippen MR) is 91.0 cm³/mol. The minimum Gasteiger partial charge on any atom is -0.393 e. The van der Waals surface area contributed by atoms with Gasteiger partial charge in [-0.05, 0) is 18.1 Å². The number of nitrogens with two attached hydrogens (primary N) is 3. The van der Waals surface area contributed by atoms with Crippen molar-refractivity contribution >= 4 is 15.8 Å². The molecule has 0 unspecified atom stereocenters. The number of hydrogen-bond donors (Lipinski definition) is 3. The molecule has 1 aromatic carbocycles. The molecule has 1 heterocycles. The molecule has 2 rings (SSSR count). The van der Waals surface area contributed by atoms with Crippen LogP contribution >= 0.6 is 0 Å². The van der Waals surface area contributed by atoms with Crippen LogP contribution in [0.3, 0.4) is 0 Å². The summed E-state index contributed by atoms with van der Waals surface area (Å²) in [5, 5.41) is -0.203. The van der Waals surface area contributed by atoms with Crippen molar-refractivity contribution in [2.45, 2.75) is 24.8 Å². The van der Waals surface area contributed by atoms with Gasteiger partial charge >= 0.3 is 10.1 Å². The van der Waals surface area contributed by atoms with Crippen LogP contribution in [0.15, 0.2) is 35.1 Å². The summed E-state index contributed by atoms with van der Waals surface area (Å²) in [6, 6.07) is 4.82. The molecule has 0 fully saturated rings. The zero-order valence-electron chi connectivity index (χ0n) is 14.0. The molecule has 8 nitrogen and oxygen atoms in total. The lowest BCUT2D eigenvalue weighted by Gasteiger charge is -2.11. The van der Waals surface area contributed by atoms with Gasteiger partial charge in [0.1, 0.15) is 23.1 Å². The van der Waals surface area contributed by atoms with E-state index in [1.54, 1.807) is 13.8 Å². The number of nitrogens with zero attached hydrogens (tertiary/aromatic N) is 2. The maximum absolute atomic E-state index is 13.3. The second-order valence-corrected chi connectivity index (χ2v) is 7.16. The molecule has 0 saturated carbocycles. The molecule has 0 aliphatic rings. The Morgan fingerprint density at radius 3 is 2.44 bits per heavy atom. The molecule has 0 saturated heterocycles. The average molecular weight is 369 g/mol. The van der Waals surface area contributed by atoms with Gasteiger partial charge in [0.05, 0.1) is 5.69 Å². The van der Waals surface area contributed by atoms with E-state index in [0.717, 1.165) is 6.07 Å². The summed E-state index contributed by atoms with van der Waals surface area (Å²) in [6.07, 6.45) is 0. The third-order valence-corrected chi connectivity index (χ3v) is 4.77. The topological polar surface area (TPSA) is 139 Å². The molecule has 1 aromatic heterocycles. The second-order valence-electron chi connectivity index (χ2n) is 5.70. The maximum Gasteiger partial charge on any atom is 0.357 e. The van der Waals surface area contributed by atoms with Crippen LogP contribution in [0.2, 0.25) is 0 Å². The molecular formula is C15H20FN5O3S. The molecule has 0 radical (unpaired) electrons. The van der Waals surface area contributed by atoms with E-state index in [-0.39, 0.29) is 39.7 Å². The molecule has 10 heteroatoms. The van der Waals surface area contributed by atoms with E-state index >= 15 is 0 Å². The summed E-state index contributed by atoms with van der Waals surface area (Å²) >= 11 is 0. The number of rotatable bonds is 5. The van der Waals surface area contributed by atoms with Crippen molar-refractivity contribution in [2.24, 2.45) is 24.2 Å². The summed E-state index contributed by atoms with van der Waals surface area (Å²) in [7, 11) is -2.85. The highest BCUT2D eigenvalue weighted by Crippen LogP contribution is 2.28. The molecule has 25 heavy (non-hydrogen) atoms. The Kier molecular flexibility index (Phi) is 4.93. The van der Waals surface area contributed by atoms with Gasteiger partial charge in [-0.3, -0.25) is 0 Å². The quantitative estimate of drug-likeness (QED) is 0.667. The molecule has 136 valence electrons. The van der Waals surface area contributed by atoms with Crippen LogP contribution < -0.4 is 21.4 Å². The molecule has 0 atom stereocenters. The van der Waals surface area contributed by atoms with Crippen LogP contribution in [0.5, 0.6) is 5.75 Å². The van der Waals surface area contributed by atoms with Crippen molar-refractivity contribution in [2.75, 3.05) is 0 Å². The van der Waals surface area contributed by atoms with Gasteiger partial charge in [-0.1, -0.05) is 19.9 Å². The van der Waals surface area contributed by atoms with E-state index in [0.29, 0.717) is 0 Å². The Hall–Kier alpha value is -2.75. The van der Waals surface area contributed by atoms with Gasteiger partial charge in [0.25, 0.3) is 0 Å². The van der Waals surface area contributed by atoms with Gasteiger partial charge in [0.2, 0.25) is 0 Å². The van der Waals surface area contributed by atoms with Crippen LogP contribution in [0, 0.1) is 5.82 Å². The summed E-state index contributed by atoms with van der Waals surface area (Å²) in [5.41, 5.74) is 16.9. The van der Waals surface area contributed by atoms with Gasteiger partial charge in [-0.25, -0.2) is 9.37 Å². The van der Waals surface area contributed by atoms with Gasteiger partial charge in [0.15, 0.2) is 10.9 Å². The average Bonchev–Trinajstić information content (AvgIpc) is 2.84. The van der Waals surface area contributed by atoms with Gasteiger partial charge in [-0.15, -0.1) is 0 Å². The van der Waals surface area contributed by atoms with Crippen LogP contribution in [-0.2, 0) is 17.2 Å². The van der Waals surface area contributed by atoms with Gasteiger partial charge in [0, 0.05) is 13.1 Å². The first-order chi connectivity index (χ1) is 11.5. The molecule has 2 aromatic rings. The summed E-state index contributed by atoms with van der Waals surface area (Å²) in [5.74, 6) is -1.11. The first-order valence-electron chi connectivity index (χ1n) is 7.32. The fourth-order valence-corrected chi connectivity index (χ4v) is 3.63. The number of halogens is 1. The van der Waals surface area contributed by atoms with Crippen LogP contribution in [0.1, 0.15) is 31.3 Å². The second kappa shape index (κ2) is 6.63. The van der Waals surface area contributed by atoms with Crippen molar-refractivity contribution in [1.29, 1.82) is 0 Å². The van der Waals surface area contributed by atoms with Gasteiger partial charge < -0.3 is 26.0 Å². The molecular weight excluding hydrogens is 349 g/mol. The number of aromatic nitrogens is 2. The number of benzene rings is 1. The van der Waals surface area contributed by atoms with E-state index < -0.39 is 15.9 Å². The Morgan fingerprint density at radius 2 is 1.92 bits per heavy atom. The molecule has 0 spiro atoms. The van der Waals surface area contributed by atoms with E-state index in [4.69, 9.17) is 21.4 Å². The summed E-state index contributed by atoms with van der Waals surface area (Å²) < 4.78 is 45.0. The number of imidazole rings is 1. The summed E-state index contributed by atoms with van der Waals surface area (Å²) in [4.78, 5) is 4.24. The Bertz CT molecular complexity index is 931. The lowest BCUT2D eigenvalue weighted by Crippen LogP contribution is -2.20. The zero-order chi connectivity index (χ0) is 18.9. The normalized spacial score (nSPS) is 11.6. The predicted octanol–water partition coefficient (Wildman–Crippen LogP) is 0.953. The molecule has 0 aliphatic heterocycles. The highest BCUT2D eigenvalue weighted by molar-refractivity contribution is 7.87. The van der Waals surface area contributed by atoms with Crippen molar-refractivity contribution in [1.82, 2.24) is 9.55 Å². The van der Waals surface area contributed by atoms with Crippen molar-refractivity contribution in [3.8, 4) is 5.75 Å².